The average molecular weight is 421 g/mol. The van der Waals surface area contributed by atoms with Gasteiger partial charge in [-0.2, -0.15) is 0 Å². The number of carbonyl (C=O) groups excluding carboxylic acids is 1. The molecule has 0 aliphatic carbocycles. The van der Waals surface area contributed by atoms with Crippen LogP contribution in [0.25, 0.3) is 0 Å². The van der Waals surface area contributed by atoms with Gasteiger partial charge in [-0.1, -0.05) is 54.1 Å². The summed E-state index contributed by atoms with van der Waals surface area (Å²) in [6.07, 6.45) is 1.06. The summed E-state index contributed by atoms with van der Waals surface area (Å²) >= 11 is 6.09. The largest absolute Gasteiger partial charge is 0.352 e. The van der Waals surface area contributed by atoms with Gasteiger partial charge in [0.15, 0.2) is 0 Å². The molecule has 1 N–H and O–H groups in total. The Morgan fingerprint density at radius 1 is 1.07 bits per heavy atom. The summed E-state index contributed by atoms with van der Waals surface area (Å²) in [6, 6.07) is 14.9. The van der Waals surface area contributed by atoms with E-state index in [4.69, 9.17) is 11.6 Å². The van der Waals surface area contributed by atoms with Crippen LogP contribution in [0.4, 0.5) is 0 Å². The molecule has 1 aliphatic heterocycles. The molecule has 2 aromatic carbocycles. The SMILES string of the molecule is Cc1ccccc1CNC(=O)C1CCN(S(=O)(=O)Cc2ccccc2Cl)CC1. The number of sulfonamides is 1. The van der Waals surface area contributed by atoms with Gasteiger partial charge in [0.05, 0.1) is 5.75 Å². The van der Waals surface area contributed by atoms with Gasteiger partial charge in [-0.25, -0.2) is 12.7 Å². The Hall–Kier alpha value is -1.89. The fourth-order valence-electron chi connectivity index (χ4n) is 3.43. The second-order valence-electron chi connectivity index (χ2n) is 7.17. The van der Waals surface area contributed by atoms with E-state index in [1.165, 1.54) is 4.31 Å². The van der Waals surface area contributed by atoms with Gasteiger partial charge >= 0.3 is 0 Å². The van der Waals surface area contributed by atoms with Crippen LogP contribution in [0.1, 0.15) is 29.5 Å². The zero-order valence-corrected chi connectivity index (χ0v) is 17.5. The Kier molecular flexibility index (Phi) is 6.75. The molecule has 0 radical (unpaired) electrons. The van der Waals surface area contributed by atoms with Crippen molar-refractivity contribution in [2.45, 2.75) is 32.1 Å². The van der Waals surface area contributed by atoms with Crippen molar-refractivity contribution < 1.29 is 13.2 Å². The van der Waals surface area contributed by atoms with Gasteiger partial charge in [-0.3, -0.25) is 4.79 Å². The van der Waals surface area contributed by atoms with E-state index in [1.54, 1.807) is 24.3 Å². The van der Waals surface area contributed by atoms with E-state index < -0.39 is 10.0 Å². The van der Waals surface area contributed by atoms with Gasteiger partial charge in [0.1, 0.15) is 0 Å². The lowest BCUT2D eigenvalue weighted by Crippen LogP contribution is -2.43. The molecule has 1 heterocycles. The lowest BCUT2D eigenvalue weighted by molar-refractivity contribution is -0.126. The van der Waals surface area contributed by atoms with E-state index in [2.05, 4.69) is 5.32 Å². The molecule has 2 aromatic rings. The average Bonchev–Trinajstić information content (AvgIpc) is 2.69. The molecule has 0 saturated carbocycles. The van der Waals surface area contributed by atoms with E-state index in [9.17, 15) is 13.2 Å². The summed E-state index contributed by atoms with van der Waals surface area (Å²) in [4.78, 5) is 12.5. The number of amides is 1. The van der Waals surface area contributed by atoms with E-state index in [0.717, 1.165) is 11.1 Å². The highest BCUT2D eigenvalue weighted by molar-refractivity contribution is 7.88. The first kappa shape index (κ1) is 20.8. The van der Waals surface area contributed by atoms with Crippen molar-refractivity contribution in [2.24, 2.45) is 5.92 Å². The van der Waals surface area contributed by atoms with Crippen molar-refractivity contribution in [3.05, 3.63) is 70.2 Å². The molecule has 1 aliphatic rings. The molecule has 150 valence electrons. The number of nitrogens with zero attached hydrogens (tertiary/aromatic N) is 1. The summed E-state index contributed by atoms with van der Waals surface area (Å²) in [6.45, 7) is 3.23. The molecule has 28 heavy (non-hydrogen) atoms. The van der Waals surface area contributed by atoms with E-state index >= 15 is 0 Å². The first-order valence-electron chi connectivity index (χ1n) is 9.40. The molecule has 0 spiro atoms. The van der Waals surface area contributed by atoms with Gasteiger partial charge in [-0.15, -0.1) is 0 Å². The molecule has 7 heteroatoms. The molecule has 1 fully saturated rings. The smallest absolute Gasteiger partial charge is 0.223 e. The third-order valence-corrected chi connectivity index (χ3v) is 7.42. The van der Waals surface area contributed by atoms with Gasteiger partial charge in [0.25, 0.3) is 0 Å². The minimum absolute atomic E-state index is 0.00796. The number of piperidine rings is 1. The molecule has 0 atom stereocenters. The maximum atomic E-state index is 12.7. The molecular formula is C21H25ClN2O3S. The highest BCUT2D eigenvalue weighted by Gasteiger charge is 2.31. The Bertz CT molecular complexity index is 938. The Morgan fingerprint density at radius 2 is 1.68 bits per heavy atom. The molecular weight excluding hydrogens is 396 g/mol. The van der Waals surface area contributed by atoms with Crippen LogP contribution in [0.2, 0.25) is 5.02 Å². The normalized spacial score (nSPS) is 16.1. The molecule has 0 unspecified atom stereocenters. The lowest BCUT2D eigenvalue weighted by atomic mass is 9.97. The summed E-state index contributed by atoms with van der Waals surface area (Å²) in [5.41, 5.74) is 2.83. The number of nitrogens with one attached hydrogen (secondary N) is 1. The highest BCUT2D eigenvalue weighted by atomic mass is 35.5. The third-order valence-electron chi connectivity index (χ3n) is 5.23. The molecule has 1 saturated heterocycles. The summed E-state index contributed by atoms with van der Waals surface area (Å²) in [5, 5.41) is 3.44. The number of benzene rings is 2. The Morgan fingerprint density at radius 3 is 2.32 bits per heavy atom. The zero-order valence-electron chi connectivity index (χ0n) is 15.9. The monoisotopic (exact) mass is 420 g/mol. The van der Waals surface area contributed by atoms with Gasteiger partial charge in [-0.05, 0) is 42.5 Å². The standard InChI is InChI=1S/C21H25ClN2O3S/c1-16-6-2-3-7-18(16)14-23-21(25)17-10-12-24(13-11-17)28(26,27)15-19-8-4-5-9-20(19)22/h2-9,17H,10-15H2,1H3,(H,23,25). The minimum atomic E-state index is -3.45. The molecule has 0 aromatic heterocycles. The summed E-state index contributed by atoms with van der Waals surface area (Å²) in [5.74, 6) is -0.279. The van der Waals surface area contributed by atoms with Crippen molar-refractivity contribution in [3.63, 3.8) is 0 Å². The lowest BCUT2D eigenvalue weighted by Gasteiger charge is -2.30. The number of carbonyl (C=O) groups is 1. The molecule has 0 bridgehead atoms. The molecule has 5 nitrogen and oxygen atoms in total. The van der Waals surface area contributed by atoms with Crippen LogP contribution in [-0.4, -0.2) is 31.7 Å². The van der Waals surface area contributed by atoms with Gasteiger partial charge in [0.2, 0.25) is 15.9 Å². The summed E-state index contributed by atoms with van der Waals surface area (Å²) < 4.78 is 26.9. The Labute approximate surface area is 171 Å². The topological polar surface area (TPSA) is 66.5 Å². The first-order valence-corrected chi connectivity index (χ1v) is 11.4. The predicted octanol–water partition coefficient (Wildman–Crippen LogP) is 3.51. The number of rotatable bonds is 6. The molecule has 3 rings (SSSR count). The summed E-state index contributed by atoms with van der Waals surface area (Å²) in [7, 11) is -3.45. The van der Waals surface area contributed by atoms with Crippen LogP contribution in [0.3, 0.4) is 0 Å². The Balaban J connectivity index is 1.53. The van der Waals surface area contributed by atoms with Crippen LogP contribution in [0.5, 0.6) is 0 Å². The van der Waals surface area contributed by atoms with Crippen LogP contribution in [-0.2, 0) is 27.1 Å². The van der Waals surface area contributed by atoms with Gasteiger partial charge in [0, 0.05) is 30.6 Å². The number of hydrogen-bond acceptors (Lipinski definition) is 3. The van der Waals surface area contributed by atoms with Crippen molar-refractivity contribution in [1.82, 2.24) is 9.62 Å². The van der Waals surface area contributed by atoms with E-state index in [0.29, 0.717) is 43.1 Å². The highest BCUT2D eigenvalue weighted by Crippen LogP contribution is 2.24. The first-order chi connectivity index (χ1) is 13.4. The van der Waals surface area contributed by atoms with Crippen LogP contribution >= 0.6 is 11.6 Å². The van der Waals surface area contributed by atoms with Crippen molar-refractivity contribution in [3.8, 4) is 0 Å². The fraction of sp³-hybridized carbons (Fsp3) is 0.381. The van der Waals surface area contributed by atoms with Crippen molar-refractivity contribution in [1.29, 1.82) is 0 Å². The van der Waals surface area contributed by atoms with Crippen molar-refractivity contribution >= 4 is 27.5 Å². The maximum Gasteiger partial charge on any atom is 0.223 e. The number of halogens is 1. The van der Waals surface area contributed by atoms with Crippen LogP contribution in [0.15, 0.2) is 48.5 Å². The predicted molar refractivity (Wildman–Crippen MR) is 111 cm³/mol. The third kappa shape index (κ3) is 5.13. The fourth-order valence-corrected chi connectivity index (χ4v) is 5.31. The second kappa shape index (κ2) is 9.07. The van der Waals surface area contributed by atoms with E-state index in [-0.39, 0.29) is 17.6 Å². The quantitative estimate of drug-likeness (QED) is 0.777. The molecule has 1 amide bonds. The maximum absolute atomic E-state index is 12.7. The minimum Gasteiger partial charge on any atom is -0.352 e. The second-order valence-corrected chi connectivity index (χ2v) is 9.54. The van der Waals surface area contributed by atoms with Crippen molar-refractivity contribution in [2.75, 3.05) is 13.1 Å². The number of hydrogen-bond donors (Lipinski definition) is 1. The van der Waals surface area contributed by atoms with Crippen LogP contribution < -0.4 is 5.32 Å². The van der Waals surface area contributed by atoms with E-state index in [1.807, 2.05) is 31.2 Å². The zero-order chi connectivity index (χ0) is 20.1. The van der Waals surface area contributed by atoms with Gasteiger partial charge < -0.3 is 5.32 Å². The number of aryl methyl sites for hydroxylation is 1. The van der Waals surface area contributed by atoms with Crippen LogP contribution in [0, 0.1) is 12.8 Å².